The largest absolute Gasteiger partial charge is 0.480 e. The maximum absolute atomic E-state index is 11.5. The third-order valence-electron chi connectivity index (χ3n) is 2.04. The van der Waals surface area contributed by atoms with Gasteiger partial charge in [-0.05, 0) is 6.92 Å². The van der Waals surface area contributed by atoms with Gasteiger partial charge in [0, 0.05) is 19.2 Å². The Labute approximate surface area is 98.2 Å². The van der Waals surface area contributed by atoms with Crippen molar-refractivity contribution >= 4 is 29.5 Å². The highest BCUT2D eigenvalue weighted by atomic mass is 32.2. The van der Waals surface area contributed by atoms with Crippen LogP contribution in [-0.2, 0) is 14.4 Å². The van der Waals surface area contributed by atoms with Crippen molar-refractivity contribution in [3.8, 4) is 0 Å². The number of thioether (sulfide) groups is 1. The molecule has 0 saturated carbocycles. The topological polar surface area (TPSA) is 101 Å². The molecule has 0 spiro atoms. The Morgan fingerprint density at radius 1 is 1.44 bits per heavy atom. The molecule has 0 heterocycles. The Morgan fingerprint density at radius 3 is 2.44 bits per heavy atom. The zero-order valence-corrected chi connectivity index (χ0v) is 10.1. The number of carbonyl (C=O) groups excluding carboxylic acids is 2. The van der Waals surface area contributed by atoms with Crippen LogP contribution >= 0.6 is 11.8 Å². The molecular formula is C9H16N2O4S. The third-order valence-corrected chi connectivity index (χ3v) is 3.02. The van der Waals surface area contributed by atoms with Gasteiger partial charge in [-0.2, -0.15) is 11.8 Å². The van der Waals surface area contributed by atoms with Crippen LogP contribution < -0.4 is 5.73 Å². The summed E-state index contributed by atoms with van der Waals surface area (Å²) < 4.78 is 0. The first-order valence-corrected chi connectivity index (χ1v) is 5.86. The lowest BCUT2D eigenvalue weighted by Crippen LogP contribution is -2.40. The quantitative estimate of drug-likeness (QED) is 0.593. The van der Waals surface area contributed by atoms with Gasteiger partial charge in [-0.3, -0.25) is 9.59 Å². The number of primary amides is 1. The fraction of sp³-hybridized carbons (Fsp3) is 0.667. The van der Waals surface area contributed by atoms with Crippen LogP contribution in [0.25, 0.3) is 0 Å². The minimum absolute atomic E-state index is 0.172. The van der Waals surface area contributed by atoms with Crippen LogP contribution in [0.1, 0.15) is 13.3 Å². The number of aliphatic carboxylic acids is 1. The van der Waals surface area contributed by atoms with Gasteiger partial charge in [0.2, 0.25) is 11.8 Å². The van der Waals surface area contributed by atoms with Gasteiger partial charge in [0.05, 0.1) is 5.75 Å². The van der Waals surface area contributed by atoms with Crippen LogP contribution in [0.3, 0.4) is 0 Å². The molecule has 0 bridgehead atoms. The maximum Gasteiger partial charge on any atom is 0.326 e. The van der Waals surface area contributed by atoms with E-state index in [1.165, 1.54) is 30.6 Å². The minimum Gasteiger partial charge on any atom is -0.480 e. The van der Waals surface area contributed by atoms with E-state index in [0.717, 1.165) is 0 Å². The van der Waals surface area contributed by atoms with E-state index < -0.39 is 17.9 Å². The second kappa shape index (κ2) is 7.10. The molecule has 0 aromatic heterocycles. The molecule has 7 heteroatoms. The van der Waals surface area contributed by atoms with Crippen molar-refractivity contribution in [1.29, 1.82) is 0 Å². The van der Waals surface area contributed by atoms with E-state index in [0.29, 0.717) is 5.75 Å². The monoisotopic (exact) mass is 248 g/mol. The fourth-order valence-corrected chi connectivity index (χ4v) is 1.55. The molecule has 0 saturated heterocycles. The van der Waals surface area contributed by atoms with Gasteiger partial charge < -0.3 is 15.7 Å². The van der Waals surface area contributed by atoms with E-state index in [9.17, 15) is 14.4 Å². The van der Waals surface area contributed by atoms with Crippen LogP contribution in [0.2, 0.25) is 0 Å². The molecule has 0 aliphatic rings. The van der Waals surface area contributed by atoms with E-state index in [1.807, 2.05) is 0 Å². The van der Waals surface area contributed by atoms with Crippen molar-refractivity contribution in [3.63, 3.8) is 0 Å². The molecule has 0 fully saturated rings. The normalized spacial score (nSPS) is 11.9. The molecular weight excluding hydrogens is 232 g/mol. The fourth-order valence-electron chi connectivity index (χ4n) is 0.890. The number of rotatable bonds is 7. The Hall–Kier alpha value is -1.24. The molecule has 3 N–H and O–H groups in total. The summed E-state index contributed by atoms with van der Waals surface area (Å²) in [6, 6.07) is -0.839. The highest BCUT2D eigenvalue weighted by molar-refractivity contribution is 7.99. The van der Waals surface area contributed by atoms with E-state index in [1.54, 1.807) is 0 Å². The van der Waals surface area contributed by atoms with E-state index in [4.69, 9.17) is 10.8 Å². The number of carboxylic acids is 1. The van der Waals surface area contributed by atoms with Crippen molar-refractivity contribution in [2.75, 3.05) is 18.6 Å². The van der Waals surface area contributed by atoms with E-state index in [2.05, 4.69) is 0 Å². The zero-order chi connectivity index (χ0) is 12.7. The lowest BCUT2D eigenvalue weighted by Gasteiger charge is -2.21. The Morgan fingerprint density at radius 2 is 2.00 bits per heavy atom. The predicted molar refractivity (Wildman–Crippen MR) is 61.0 cm³/mol. The van der Waals surface area contributed by atoms with Crippen LogP contribution in [0.15, 0.2) is 0 Å². The molecule has 0 aromatic rings. The van der Waals surface area contributed by atoms with E-state index in [-0.39, 0.29) is 18.1 Å². The highest BCUT2D eigenvalue weighted by Crippen LogP contribution is 2.05. The molecule has 0 aromatic carbocycles. The number of carboxylic acid groups (broad SMARTS) is 1. The summed E-state index contributed by atoms with van der Waals surface area (Å²) in [6.45, 7) is 1.44. The molecule has 16 heavy (non-hydrogen) atoms. The summed E-state index contributed by atoms with van der Waals surface area (Å²) in [5.74, 6) is -1.10. The molecule has 6 nitrogen and oxygen atoms in total. The number of likely N-dealkylation sites (N-methyl/N-ethyl adjacent to an activating group) is 1. The molecule has 1 unspecified atom stereocenters. The number of nitrogens with zero attached hydrogens (tertiary/aromatic N) is 1. The van der Waals surface area contributed by atoms with Crippen molar-refractivity contribution in [2.24, 2.45) is 5.73 Å². The van der Waals surface area contributed by atoms with Crippen molar-refractivity contribution in [1.82, 2.24) is 4.90 Å². The molecule has 1 atom stereocenters. The Kier molecular flexibility index (Phi) is 6.55. The highest BCUT2D eigenvalue weighted by Gasteiger charge is 2.20. The predicted octanol–water partition coefficient (Wildman–Crippen LogP) is -0.473. The minimum atomic E-state index is -1.04. The lowest BCUT2D eigenvalue weighted by molar-refractivity contribution is -0.148. The van der Waals surface area contributed by atoms with Gasteiger partial charge in [0.15, 0.2) is 0 Å². The lowest BCUT2D eigenvalue weighted by atomic mass is 10.3. The summed E-state index contributed by atoms with van der Waals surface area (Å²) in [7, 11) is 1.44. The third kappa shape index (κ3) is 5.59. The Bertz CT molecular complexity index is 283. The summed E-state index contributed by atoms with van der Waals surface area (Å²) in [5, 5.41) is 8.69. The number of carbonyl (C=O) groups is 3. The van der Waals surface area contributed by atoms with Crippen molar-refractivity contribution < 1.29 is 19.5 Å². The number of hydrogen-bond acceptors (Lipinski definition) is 4. The molecule has 0 aliphatic carbocycles. The van der Waals surface area contributed by atoms with Crippen LogP contribution in [0, 0.1) is 0 Å². The van der Waals surface area contributed by atoms with Gasteiger partial charge in [0.25, 0.3) is 0 Å². The van der Waals surface area contributed by atoms with E-state index >= 15 is 0 Å². The first-order valence-electron chi connectivity index (χ1n) is 4.70. The van der Waals surface area contributed by atoms with Gasteiger partial charge >= 0.3 is 5.97 Å². The number of nitrogens with two attached hydrogens (primary N) is 1. The van der Waals surface area contributed by atoms with Gasteiger partial charge in [-0.25, -0.2) is 4.79 Å². The zero-order valence-electron chi connectivity index (χ0n) is 9.30. The molecule has 0 radical (unpaired) electrons. The smallest absolute Gasteiger partial charge is 0.326 e. The SMILES string of the molecule is CC(C(=O)O)N(C)C(=O)CCSCC(N)=O. The van der Waals surface area contributed by atoms with Crippen LogP contribution in [-0.4, -0.2) is 52.4 Å². The second-order valence-corrected chi connectivity index (χ2v) is 4.39. The molecule has 0 aliphatic heterocycles. The Balaban J connectivity index is 3.88. The number of amides is 2. The van der Waals surface area contributed by atoms with Crippen molar-refractivity contribution in [3.05, 3.63) is 0 Å². The second-order valence-electron chi connectivity index (χ2n) is 3.29. The summed E-state index contributed by atoms with van der Waals surface area (Å²) >= 11 is 1.26. The standard InChI is InChI=1S/C9H16N2O4S/c1-6(9(14)15)11(2)8(13)3-4-16-5-7(10)12/h6H,3-5H2,1-2H3,(H2,10,12)(H,14,15). The summed E-state index contributed by atoms with van der Waals surface area (Å²) in [5.41, 5.74) is 4.92. The average Bonchev–Trinajstić information content (AvgIpc) is 2.21. The van der Waals surface area contributed by atoms with Crippen LogP contribution in [0.4, 0.5) is 0 Å². The number of hydrogen-bond donors (Lipinski definition) is 2. The van der Waals surface area contributed by atoms with Gasteiger partial charge in [-0.1, -0.05) is 0 Å². The van der Waals surface area contributed by atoms with Gasteiger partial charge in [-0.15, -0.1) is 0 Å². The average molecular weight is 248 g/mol. The summed E-state index contributed by atoms with van der Waals surface area (Å²) in [6.07, 6.45) is 0.200. The molecule has 2 amide bonds. The summed E-state index contributed by atoms with van der Waals surface area (Å²) in [4.78, 5) is 33.6. The molecule has 92 valence electrons. The molecule has 0 rings (SSSR count). The maximum atomic E-state index is 11.5. The van der Waals surface area contributed by atoms with Crippen LogP contribution in [0.5, 0.6) is 0 Å². The van der Waals surface area contributed by atoms with Gasteiger partial charge in [0.1, 0.15) is 6.04 Å². The first-order chi connectivity index (χ1) is 7.36. The van der Waals surface area contributed by atoms with Crippen molar-refractivity contribution in [2.45, 2.75) is 19.4 Å². The first kappa shape index (κ1) is 14.8.